The van der Waals surface area contributed by atoms with Crippen LogP contribution in [0.4, 0.5) is 14.6 Å². The maximum atomic E-state index is 13.2. The van der Waals surface area contributed by atoms with Crippen molar-refractivity contribution in [3.63, 3.8) is 0 Å². The van der Waals surface area contributed by atoms with Crippen LogP contribution in [0.25, 0.3) is 27.7 Å². The minimum absolute atomic E-state index is 0.310. The number of nitrogens with two attached hydrogens (primary N) is 1. The Morgan fingerprint density at radius 3 is 2.81 bits per heavy atom. The third-order valence-electron chi connectivity index (χ3n) is 4.53. The summed E-state index contributed by atoms with van der Waals surface area (Å²) in [5, 5.41) is 8.32. The summed E-state index contributed by atoms with van der Waals surface area (Å²) in [5.74, 6) is -2.12. The highest BCUT2D eigenvalue weighted by atomic mass is 19.3. The van der Waals surface area contributed by atoms with E-state index in [2.05, 4.69) is 20.2 Å². The zero-order valence-corrected chi connectivity index (χ0v) is 14.7. The van der Waals surface area contributed by atoms with Gasteiger partial charge in [-0.1, -0.05) is 6.07 Å². The molecule has 3 aromatic rings. The molecule has 0 unspecified atom stereocenters. The van der Waals surface area contributed by atoms with Crippen molar-refractivity contribution >= 4 is 28.5 Å². The topological polar surface area (TPSA) is 83.2 Å². The van der Waals surface area contributed by atoms with Crippen molar-refractivity contribution in [2.75, 3.05) is 25.0 Å². The van der Waals surface area contributed by atoms with Gasteiger partial charge in [-0.15, -0.1) is 0 Å². The minimum atomic E-state index is -2.64. The number of H-pyrrole nitrogens is 1. The number of aromatic amines is 1. The standard InChI is InChI=1S/C19H18F2N6/c1-23-9-14(8-22)12-2-3-16-15(6-12)18(26-25-16)13-4-5-24-17(7-13)27-10-19(20,21)11-27/h2-9H,10-11,22H2,1H3,(H,25,26). The van der Waals surface area contributed by atoms with Crippen molar-refractivity contribution in [1.82, 2.24) is 15.2 Å². The van der Waals surface area contributed by atoms with Crippen LogP contribution < -0.4 is 10.6 Å². The van der Waals surface area contributed by atoms with E-state index in [1.165, 1.54) is 6.20 Å². The van der Waals surface area contributed by atoms with Gasteiger partial charge in [0.1, 0.15) is 11.5 Å². The van der Waals surface area contributed by atoms with Crippen molar-refractivity contribution in [3.8, 4) is 11.3 Å². The van der Waals surface area contributed by atoms with Gasteiger partial charge in [0.15, 0.2) is 0 Å². The normalized spacial score (nSPS) is 16.9. The quantitative estimate of drug-likeness (QED) is 0.693. The molecule has 0 atom stereocenters. The van der Waals surface area contributed by atoms with Crippen LogP contribution in [0.15, 0.2) is 47.7 Å². The van der Waals surface area contributed by atoms with E-state index in [0.717, 1.165) is 33.3 Å². The summed E-state index contributed by atoms with van der Waals surface area (Å²) in [5.41, 5.74) is 9.82. The number of aliphatic imine (C=N–C) groups is 1. The molecule has 4 rings (SSSR count). The molecule has 3 heterocycles. The number of anilines is 1. The van der Waals surface area contributed by atoms with E-state index in [0.29, 0.717) is 5.82 Å². The highest BCUT2D eigenvalue weighted by Crippen LogP contribution is 2.34. The Morgan fingerprint density at radius 2 is 2.11 bits per heavy atom. The van der Waals surface area contributed by atoms with Crippen molar-refractivity contribution in [2.24, 2.45) is 10.7 Å². The van der Waals surface area contributed by atoms with E-state index in [4.69, 9.17) is 5.73 Å². The number of benzene rings is 1. The number of allylic oxidation sites excluding steroid dienone is 1. The zero-order chi connectivity index (χ0) is 19.0. The van der Waals surface area contributed by atoms with Gasteiger partial charge < -0.3 is 10.6 Å². The summed E-state index contributed by atoms with van der Waals surface area (Å²) in [4.78, 5) is 9.78. The van der Waals surface area contributed by atoms with Crippen LogP contribution in [-0.4, -0.2) is 47.5 Å². The molecule has 0 bridgehead atoms. The first kappa shape index (κ1) is 17.1. The highest BCUT2D eigenvalue weighted by molar-refractivity contribution is 6.11. The van der Waals surface area contributed by atoms with Gasteiger partial charge in [0, 0.05) is 42.2 Å². The monoisotopic (exact) mass is 368 g/mol. The lowest BCUT2D eigenvalue weighted by molar-refractivity contribution is -0.0266. The Kier molecular flexibility index (Phi) is 4.10. The molecule has 8 heteroatoms. The molecule has 0 saturated carbocycles. The fourth-order valence-corrected chi connectivity index (χ4v) is 3.18. The zero-order valence-electron chi connectivity index (χ0n) is 14.7. The van der Waals surface area contributed by atoms with Crippen molar-refractivity contribution < 1.29 is 8.78 Å². The summed E-state index contributed by atoms with van der Waals surface area (Å²) in [6.45, 7) is -0.619. The molecule has 2 aromatic heterocycles. The predicted molar refractivity (Wildman–Crippen MR) is 103 cm³/mol. The minimum Gasteiger partial charge on any atom is -0.404 e. The summed E-state index contributed by atoms with van der Waals surface area (Å²) in [6, 6.07) is 9.44. The first-order chi connectivity index (χ1) is 13.0. The summed E-state index contributed by atoms with van der Waals surface area (Å²) < 4.78 is 26.3. The van der Waals surface area contributed by atoms with Crippen molar-refractivity contribution in [3.05, 3.63) is 48.3 Å². The summed E-state index contributed by atoms with van der Waals surface area (Å²) in [7, 11) is 1.68. The van der Waals surface area contributed by atoms with Crippen molar-refractivity contribution in [1.29, 1.82) is 0 Å². The number of alkyl halides is 2. The number of nitrogens with zero attached hydrogens (tertiary/aromatic N) is 4. The number of fused-ring (bicyclic) bond motifs is 1. The Bertz CT molecular complexity index is 1050. The number of hydrogen-bond donors (Lipinski definition) is 2. The molecule has 3 N–H and O–H groups in total. The SMILES string of the molecule is CN=CC(=CN)c1ccc2[nH]nc(-c3ccnc(N4CC(F)(F)C4)c3)c2c1. The molecule has 138 valence electrons. The van der Waals surface area contributed by atoms with Gasteiger partial charge in [-0.25, -0.2) is 13.8 Å². The molecular weight excluding hydrogens is 350 g/mol. The van der Waals surface area contributed by atoms with Gasteiger partial charge >= 0.3 is 0 Å². The number of pyridine rings is 1. The molecule has 6 nitrogen and oxygen atoms in total. The summed E-state index contributed by atoms with van der Waals surface area (Å²) in [6.07, 6.45) is 4.80. The predicted octanol–water partition coefficient (Wildman–Crippen LogP) is 3.08. The Morgan fingerprint density at radius 1 is 1.30 bits per heavy atom. The lowest BCUT2D eigenvalue weighted by atomic mass is 10.0. The van der Waals surface area contributed by atoms with E-state index in [-0.39, 0.29) is 13.1 Å². The second-order valence-corrected chi connectivity index (χ2v) is 6.46. The van der Waals surface area contributed by atoms with E-state index in [9.17, 15) is 8.78 Å². The largest absolute Gasteiger partial charge is 0.404 e. The van der Waals surface area contributed by atoms with E-state index < -0.39 is 5.92 Å². The highest BCUT2D eigenvalue weighted by Gasteiger charge is 2.44. The molecule has 1 fully saturated rings. The van der Waals surface area contributed by atoms with Gasteiger partial charge in [0.05, 0.1) is 18.6 Å². The fourth-order valence-electron chi connectivity index (χ4n) is 3.18. The number of halogens is 2. The molecular formula is C19H18F2N6. The molecule has 1 saturated heterocycles. The smallest absolute Gasteiger partial charge is 0.282 e. The lowest BCUT2D eigenvalue weighted by Crippen LogP contribution is -2.56. The van der Waals surface area contributed by atoms with Crippen LogP contribution >= 0.6 is 0 Å². The van der Waals surface area contributed by atoms with Crippen LogP contribution in [0, 0.1) is 0 Å². The average Bonchev–Trinajstić information content (AvgIpc) is 3.07. The van der Waals surface area contributed by atoms with Crippen LogP contribution in [-0.2, 0) is 0 Å². The molecule has 1 aliphatic heterocycles. The van der Waals surface area contributed by atoms with E-state index in [1.807, 2.05) is 24.3 Å². The third-order valence-corrected chi connectivity index (χ3v) is 4.53. The van der Waals surface area contributed by atoms with Crippen LogP contribution in [0.3, 0.4) is 0 Å². The van der Waals surface area contributed by atoms with Gasteiger partial charge in [-0.2, -0.15) is 5.10 Å². The number of rotatable bonds is 4. The van der Waals surface area contributed by atoms with Gasteiger partial charge in [-0.3, -0.25) is 10.1 Å². The Balaban J connectivity index is 1.74. The molecule has 0 radical (unpaired) electrons. The maximum absolute atomic E-state index is 13.2. The molecule has 1 aromatic carbocycles. The van der Waals surface area contributed by atoms with Crippen molar-refractivity contribution in [2.45, 2.75) is 5.92 Å². The van der Waals surface area contributed by atoms with Crippen LogP contribution in [0.5, 0.6) is 0 Å². The maximum Gasteiger partial charge on any atom is 0.282 e. The van der Waals surface area contributed by atoms with Gasteiger partial charge in [0.25, 0.3) is 5.92 Å². The summed E-state index contributed by atoms with van der Waals surface area (Å²) >= 11 is 0. The lowest BCUT2D eigenvalue weighted by Gasteiger charge is -2.39. The molecule has 1 aliphatic rings. The molecule has 0 amide bonds. The number of aromatic nitrogens is 3. The van der Waals surface area contributed by atoms with Crippen LogP contribution in [0.1, 0.15) is 5.56 Å². The second kappa shape index (κ2) is 6.46. The first-order valence-corrected chi connectivity index (χ1v) is 8.42. The molecule has 0 aliphatic carbocycles. The van der Waals surface area contributed by atoms with E-state index in [1.54, 1.807) is 30.4 Å². The molecule has 27 heavy (non-hydrogen) atoms. The number of hydrogen-bond acceptors (Lipinski definition) is 5. The van der Waals surface area contributed by atoms with Crippen LogP contribution in [0.2, 0.25) is 0 Å². The fraction of sp³-hybridized carbons (Fsp3) is 0.211. The first-order valence-electron chi connectivity index (χ1n) is 8.42. The second-order valence-electron chi connectivity index (χ2n) is 6.46. The average molecular weight is 368 g/mol. The Hall–Kier alpha value is -3.29. The number of nitrogens with one attached hydrogen (secondary N) is 1. The third kappa shape index (κ3) is 3.14. The molecule has 0 spiro atoms. The van der Waals surface area contributed by atoms with Gasteiger partial charge in [0.2, 0.25) is 0 Å². The van der Waals surface area contributed by atoms with E-state index >= 15 is 0 Å². The van der Waals surface area contributed by atoms with Gasteiger partial charge in [-0.05, 0) is 29.8 Å². The Labute approximate surface area is 154 Å².